The summed E-state index contributed by atoms with van der Waals surface area (Å²) in [4.78, 5) is 1.04. The van der Waals surface area contributed by atoms with Gasteiger partial charge in [-0.1, -0.05) is 28.1 Å². The molecule has 1 nitrogen and oxygen atoms in total. The van der Waals surface area contributed by atoms with E-state index in [1.54, 1.807) is 23.5 Å². The lowest BCUT2D eigenvalue weighted by Crippen LogP contribution is -2.02. The molecule has 0 fully saturated rings. The van der Waals surface area contributed by atoms with Crippen molar-refractivity contribution in [3.05, 3.63) is 50.6 Å². The van der Waals surface area contributed by atoms with Crippen LogP contribution in [0.15, 0.2) is 40.2 Å². The van der Waals surface area contributed by atoms with Crippen molar-refractivity contribution in [2.24, 2.45) is 0 Å². The van der Waals surface area contributed by atoms with Gasteiger partial charge in [-0.05, 0) is 45.1 Å². The maximum absolute atomic E-state index is 12.2. The lowest BCUT2D eigenvalue weighted by Gasteiger charge is -2.11. The number of hydrogen-bond acceptors (Lipinski definition) is 2. The number of hydrogen-bond donors (Lipinski definition) is 0. The van der Waals surface area contributed by atoms with E-state index in [1.807, 2.05) is 17.5 Å². The Morgan fingerprint density at radius 2 is 2.00 bits per heavy atom. The topological polar surface area (TPSA) is 9.23 Å². The summed E-state index contributed by atoms with van der Waals surface area (Å²) in [6.07, 6.45) is 0. The van der Waals surface area contributed by atoms with Gasteiger partial charge in [0.2, 0.25) is 0 Å². The third-order valence-electron chi connectivity index (χ3n) is 2.25. The van der Waals surface area contributed by atoms with Gasteiger partial charge in [0.15, 0.2) is 0 Å². The van der Waals surface area contributed by atoms with Crippen LogP contribution in [0.1, 0.15) is 15.3 Å². The number of halogens is 4. The number of rotatable bonds is 4. The predicted molar refractivity (Wildman–Crippen MR) is 75.9 cm³/mol. The van der Waals surface area contributed by atoms with Crippen LogP contribution in [0.2, 0.25) is 0 Å². The third-order valence-corrected chi connectivity index (χ3v) is 5.48. The van der Waals surface area contributed by atoms with Crippen molar-refractivity contribution < 1.29 is 13.5 Å². The van der Waals surface area contributed by atoms with Crippen LogP contribution in [0, 0.1) is 0 Å². The Morgan fingerprint density at radius 1 is 1.22 bits per heavy atom. The van der Waals surface area contributed by atoms with Crippen molar-refractivity contribution in [1.82, 2.24) is 0 Å². The van der Waals surface area contributed by atoms with Crippen molar-refractivity contribution in [3.8, 4) is 5.75 Å². The van der Waals surface area contributed by atoms with E-state index in [9.17, 15) is 8.78 Å². The van der Waals surface area contributed by atoms with Crippen molar-refractivity contribution >= 4 is 43.2 Å². The second-order valence-corrected chi connectivity index (χ2v) is 6.16. The maximum Gasteiger partial charge on any atom is 0.387 e. The molecule has 6 heteroatoms. The Morgan fingerprint density at radius 3 is 2.61 bits per heavy atom. The van der Waals surface area contributed by atoms with Gasteiger partial charge in [-0.25, -0.2) is 0 Å². The summed E-state index contributed by atoms with van der Waals surface area (Å²) in [6.45, 7) is -2.80. The van der Waals surface area contributed by atoms with Crippen LogP contribution in [0.25, 0.3) is 0 Å². The highest BCUT2D eigenvalue weighted by Crippen LogP contribution is 2.39. The number of benzene rings is 1. The molecule has 1 aromatic heterocycles. The van der Waals surface area contributed by atoms with E-state index < -0.39 is 6.61 Å². The number of alkyl halides is 3. The minimum absolute atomic E-state index is 0.0481. The minimum atomic E-state index is -2.80. The van der Waals surface area contributed by atoms with Gasteiger partial charge in [0, 0.05) is 9.35 Å². The molecule has 0 aliphatic carbocycles. The van der Waals surface area contributed by atoms with E-state index in [4.69, 9.17) is 0 Å². The molecule has 0 amide bonds. The molecule has 1 heterocycles. The average Bonchev–Trinajstić information content (AvgIpc) is 2.74. The molecular weight excluding hydrogens is 390 g/mol. The van der Waals surface area contributed by atoms with Gasteiger partial charge >= 0.3 is 6.61 Å². The van der Waals surface area contributed by atoms with E-state index in [2.05, 4.69) is 36.6 Å². The molecule has 2 aromatic rings. The predicted octanol–water partition coefficient (Wildman–Crippen LogP) is 5.60. The van der Waals surface area contributed by atoms with E-state index >= 15 is 0 Å². The molecule has 0 aliphatic heterocycles. The zero-order valence-corrected chi connectivity index (χ0v) is 12.9. The standard InChI is InChI=1S/C12H8Br2F2OS/c13-9-4-5-18-11(9)10(14)7-2-1-3-8(6-7)17-12(15)16/h1-6,10,12H. The van der Waals surface area contributed by atoms with Gasteiger partial charge in [-0.2, -0.15) is 8.78 Å². The quantitative estimate of drug-likeness (QED) is 0.610. The molecule has 0 radical (unpaired) electrons. The van der Waals surface area contributed by atoms with Crippen LogP contribution in [0.4, 0.5) is 8.78 Å². The summed E-state index contributed by atoms with van der Waals surface area (Å²) in [5, 5.41) is 1.97. The molecule has 0 N–H and O–H groups in total. The normalized spacial score (nSPS) is 12.7. The second-order valence-electron chi connectivity index (χ2n) is 3.45. The highest BCUT2D eigenvalue weighted by Gasteiger charge is 2.16. The summed E-state index contributed by atoms with van der Waals surface area (Å²) < 4.78 is 29.7. The summed E-state index contributed by atoms with van der Waals surface area (Å²) in [5.74, 6) is 0.166. The van der Waals surface area contributed by atoms with Crippen LogP contribution >= 0.6 is 43.2 Å². The van der Waals surface area contributed by atoms with Gasteiger partial charge in [-0.15, -0.1) is 11.3 Å². The molecule has 0 saturated heterocycles. The van der Waals surface area contributed by atoms with Crippen molar-refractivity contribution in [2.75, 3.05) is 0 Å². The molecule has 1 atom stereocenters. The first-order valence-corrected chi connectivity index (χ1v) is 7.58. The fraction of sp³-hybridized carbons (Fsp3) is 0.167. The van der Waals surface area contributed by atoms with Gasteiger partial charge in [0.05, 0.1) is 4.83 Å². The van der Waals surface area contributed by atoms with Gasteiger partial charge in [0.25, 0.3) is 0 Å². The molecule has 0 spiro atoms. The molecule has 0 saturated carbocycles. The highest BCUT2D eigenvalue weighted by atomic mass is 79.9. The molecule has 18 heavy (non-hydrogen) atoms. The van der Waals surface area contributed by atoms with Crippen molar-refractivity contribution in [2.45, 2.75) is 11.4 Å². The van der Waals surface area contributed by atoms with Crippen molar-refractivity contribution in [1.29, 1.82) is 0 Å². The monoisotopic (exact) mass is 396 g/mol. The van der Waals surface area contributed by atoms with Gasteiger partial charge in [-0.3, -0.25) is 0 Å². The highest BCUT2D eigenvalue weighted by molar-refractivity contribution is 9.11. The Kier molecular flexibility index (Phi) is 4.75. The van der Waals surface area contributed by atoms with Gasteiger partial charge < -0.3 is 4.74 Å². The SMILES string of the molecule is FC(F)Oc1cccc(C(Br)c2sccc2Br)c1. The first-order valence-electron chi connectivity index (χ1n) is 4.99. The minimum Gasteiger partial charge on any atom is -0.435 e. The maximum atomic E-state index is 12.2. The molecule has 0 bridgehead atoms. The summed E-state index contributed by atoms with van der Waals surface area (Å²) in [6, 6.07) is 8.64. The first kappa shape index (κ1) is 14.0. The molecular formula is C12H8Br2F2OS. The molecule has 0 aliphatic rings. The zero-order chi connectivity index (χ0) is 13.1. The van der Waals surface area contributed by atoms with Crippen LogP contribution in [-0.2, 0) is 0 Å². The Balaban J connectivity index is 2.25. The van der Waals surface area contributed by atoms with E-state index in [-0.39, 0.29) is 10.6 Å². The van der Waals surface area contributed by atoms with Crippen LogP contribution in [-0.4, -0.2) is 6.61 Å². The number of ether oxygens (including phenoxy) is 1. The molecule has 2 rings (SSSR count). The van der Waals surface area contributed by atoms with E-state index in [0.717, 1.165) is 14.9 Å². The fourth-order valence-corrected chi connectivity index (χ4v) is 4.25. The number of thiophene rings is 1. The zero-order valence-electron chi connectivity index (χ0n) is 8.95. The summed E-state index contributed by atoms with van der Waals surface area (Å²) in [5.41, 5.74) is 0.872. The third kappa shape index (κ3) is 3.30. The molecule has 1 unspecified atom stereocenters. The smallest absolute Gasteiger partial charge is 0.387 e. The molecule has 96 valence electrons. The van der Waals surface area contributed by atoms with E-state index in [1.165, 1.54) is 6.07 Å². The molecule has 1 aromatic carbocycles. The fourth-order valence-electron chi connectivity index (χ4n) is 1.49. The summed E-state index contributed by atoms with van der Waals surface area (Å²) in [7, 11) is 0. The second kappa shape index (κ2) is 6.12. The van der Waals surface area contributed by atoms with Crippen LogP contribution < -0.4 is 4.74 Å². The Hall–Kier alpha value is -0.460. The Bertz CT molecular complexity index is 530. The van der Waals surface area contributed by atoms with E-state index in [0.29, 0.717) is 0 Å². The van der Waals surface area contributed by atoms with Crippen LogP contribution in [0.5, 0.6) is 5.75 Å². The summed E-state index contributed by atoms with van der Waals surface area (Å²) >= 11 is 8.60. The lowest BCUT2D eigenvalue weighted by molar-refractivity contribution is -0.0498. The lowest BCUT2D eigenvalue weighted by atomic mass is 10.1. The largest absolute Gasteiger partial charge is 0.435 e. The average molecular weight is 398 g/mol. The Labute approximate surface area is 124 Å². The van der Waals surface area contributed by atoms with Crippen LogP contribution in [0.3, 0.4) is 0 Å². The van der Waals surface area contributed by atoms with Gasteiger partial charge in [0.1, 0.15) is 5.75 Å². The van der Waals surface area contributed by atoms with Crippen molar-refractivity contribution in [3.63, 3.8) is 0 Å². The first-order chi connectivity index (χ1) is 8.58.